The quantitative estimate of drug-likeness (QED) is 0.131. The van der Waals surface area contributed by atoms with Gasteiger partial charge in [0.15, 0.2) is 14.1 Å². The SMILES string of the molecule is C[C@H]1C(=O)C[C@@H](CO[Si](C)(C)C(C)(C)C)C(=O)N[C@@]2(Cc3ccc(Cl)cc3)CCCN(C2)C(=O)[C@H](CC(F)(F)F)CC(=O)N1Cc1ccc(Cl)cc1Oc1ccc(-c2cnc(CN(C)C)n2C)cc1. The maximum Gasteiger partial charge on any atom is 0.389 e. The van der Waals surface area contributed by atoms with E-state index in [1.165, 1.54) is 16.7 Å². The highest BCUT2D eigenvalue weighted by Gasteiger charge is 2.46. The largest absolute Gasteiger partial charge is 0.457 e. The number of imidazole rings is 1. The van der Waals surface area contributed by atoms with Crippen LogP contribution in [0.2, 0.25) is 28.2 Å². The van der Waals surface area contributed by atoms with Crippen LogP contribution in [0.3, 0.4) is 0 Å². The van der Waals surface area contributed by atoms with E-state index in [1.54, 1.807) is 60.8 Å². The van der Waals surface area contributed by atoms with E-state index in [0.717, 1.165) is 22.6 Å². The van der Waals surface area contributed by atoms with Crippen molar-refractivity contribution in [1.29, 1.82) is 0 Å². The van der Waals surface area contributed by atoms with Gasteiger partial charge in [-0.05, 0) is 113 Å². The first-order valence-corrected chi connectivity index (χ1v) is 27.0. The molecule has 3 amide bonds. The lowest BCUT2D eigenvalue weighted by Gasteiger charge is -2.45. The molecular formula is C51H65Cl2F3N6O6Si. The van der Waals surface area contributed by atoms with Crippen LogP contribution in [0.15, 0.2) is 72.9 Å². The summed E-state index contributed by atoms with van der Waals surface area (Å²) in [6, 6.07) is 17.8. The van der Waals surface area contributed by atoms with Crippen molar-refractivity contribution in [3.8, 4) is 22.8 Å². The second kappa shape index (κ2) is 21.7. The third-order valence-corrected chi connectivity index (χ3v) is 18.8. The minimum absolute atomic E-state index is 0.0894. The predicted octanol–water partition coefficient (Wildman–Crippen LogP) is 10.3. The number of ether oxygens (including phenoxy) is 1. The number of amides is 3. The van der Waals surface area contributed by atoms with Crippen LogP contribution in [0.1, 0.15) is 76.8 Å². The molecule has 2 saturated heterocycles. The first-order valence-electron chi connectivity index (χ1n) is 23.3. The number of hydrogen-bond donors (Lipinski definition) is 1. The lowest BCUT2D eigenvalue weighted by Crippen LogP contribution is -2.63. The Morgan fingerprint density at radius 3 is 2.23 bits per heavy atom. The molecule has 2 fully saturated rings. The van der Waals surface area contributed by atoms with Crippen molar-refractivity contribution >= 4 is 55.0 Å². The first kappa shape index (κ1) is 53.6. The van der Waals surface area contributed by atoms with E-state index in [2.05, 4.69) is 31.1 Å². The van der Waals surface area contributed by atoms with Crippen LogP contribution in [-0.4, -0.2) is 108 Å². The van der Waals surface area contributed by atoms with Gasteiger partial charge < -0.3 is 33.7 Å². The minimum Gasteiger partial charge on any atom is -0.457 e. The number of rotatable bonds is 13. The molecule has 18 heteroatoms. The third-order valence-electron chi connectivity index (χ3n) is 13.8. The van der Waals surface area contributed by atoms with Crippen LogP contribution < -0.4 is 10.1 Å². The second-order valence-corrected chi connectivity index (χ2v) is 26.2. The summed E-state index contributed by atoms with van der Waals surface area (Å²) >= 11 is 12.7. The number of nitrogens with one attached hydrogen (secondary N) is 1. The number of nitrogens with zero attached hydrogens (tertiary/aromatic N) is 5. The number of Topliss-reactive ketones (excluding diaryl/α,β-unsaturated/α-hetero) is 1. The average Bonchev–Trinajstić information content (AvgIpc) is 3.62. The van der Waals surface area contributed by atoms with E-state index in [0.29, 0.717) is 40.7 Å². The van der Waals surface area contributed by atoms with Gasteiger partial charge in [-0.3, -0.25) is 19.2 Å². The van der Waals surface area contributed by atoms with Crippen molar-refractivity contribution in [3.63, 3.8) is 0 Å². The molecule has 1 N–H and O–H groups in total. The van der Waals surface area contributed by atoms with Gasteiger partial charge in [0.1, 0.15) is 17.3 Å². The fourth-order valence-electron chi connectivity index (χ4n) is 8.76. The molecular weight excluding hydrogens is 949 g/mol. The fraction of sp³-hybridized carbons (Fsp3) is 0.510. The highest BCUT2D eigenvalue weighted by atomic mass is 35.5. The van der Waals surface area contributed by atoms with Gasteiger partial charge in [0, 0.05) is 60.8 Å². The van der Waals surface area contributed by atoms with Crippen LogP contribution in [0.5, 0.6) is 11.5 Å². The number of alkyl halides is 3. The zero-order valence-electron chi connectivity index (χ0n) is 41.0. The molecule has 374 valence electrons. The number of ketones is 1. The van der Waals surface area contributed by atoms with Gasteiger partial charge in [-0.15, -0.1) is 0 Å². The van der Waals surface area contributed by atoms with Crippen molar-refractivity contribution in [2.45, 2.75) is 115 Å². The number of benzene rings is 3. The molecule has 2 bridgehead atoms. The average molecular weight is 1010 g/mol. The molecule has 0 aliphatic carbocycles. The molecule has 0 saturated carbocycles. The van der Waals surface area contributed by atoms with E-state index >= 15 is 0 Å². The number of piperidine rings is 1. The summed E-state index contributed by atoms with van der Waals surface area (Å²) in [7, 11) is 3.40. The smallest absolute Gasteiger partial charge is 0.389 e. The Hall–Kier alpha value is -4.74. The van der Waals surface area contributed by atoms with Crippen LogP contribution in [0.25, 0.3) is 11.3 Å². The van der Waals surface area contributed by atoms with Crippen molar-refractivity contribution in [2.24, 2.45) is 18.9 Å². The Kier molecular flexibility index (Phi) is 16.9. The Balaban J connectivity index is 1.37. The molecule has 2 aliphatic heterocycles. The number of fused-ring (bicyclic) bond motifs is 2. The third kappa shape index (κ3) is 13.8. The zero-order chi connectivity index (χ0) is 50.6. The maximum absolute atomic E-state index is 14.8. The summed E-state index contributed by atoms with van der Waals surface area (Å²) in [5.74, 6) is -3.96. The maximum atomic E-state index is 14.8. The molecule has 69 heavy (non-hydrogen) atoms. The van der Waals surface area contributed by atoms with Gasteiger partial charge in [0.25, 0.3) is 0 Å². The normalized spacial score (nSPS) is 21.4. The highest BCUT2D eigenvalue weighted by molar-refractivity contribution is 6.74. The van der Waals surface area contributed by atoms with E-state index in [1.807, 2.05) is 55.8 Å². The van der Waals surface area contributed by atoms with Crippen molar-refractivity contribution in [3.05, 3.63) is 99.9 Å². The summed E-state index contributed by atoms with van der Waals surface area (Å²) in [5, 5.41) is 3.80. The molecule has 12 nitrogen and oxygen atoms in total. The van der Waals surface area contributed by atoms with Crippen LogP contribution in [0, 0.1) is 11.8 Å². The Bertz CT molecular complexity index is 2480. The van der Waals surface area contributed by atoms with Crippen LogP contribution in [0.4, 0.5) is 13.2 Å². The molecule has 3 heterocycles. The van der Waals surface area contributed by atoms with Crippen LogP contribution in [-0.2, 0) is 50.2 Å². The van der Waals surface area contributed by atoms with Gasteiger partial charge in [-0.2, -0.15) is 13.2 Å². The fourth-order valence-corrected chi connectivity index (χ4v) is 10.1. The minimum atomic E-state index is -4.81. The second-order valence-electron chi connectivity index (χ2n) is 20.5. The van der Waals surface area contributed by atoms with E-state index in [-0.39, 0.29) is 49.9 Å². The van der Waals surface area contributed by atoms with Gasteiger partial charge in [0.2, 0.25) is 17.7 Å². The molecule has 4 atom stereocenters. The van der Waals surface area contributed by atoms with Gasteiger partial charge >= 0.3 is 6.18 Å². The molecule has 2 aliphatic rings. The van der Waals surface area contributed by atoms with Gasteiger partial charge in [-0.1, -0.05) is 62.2 Å². The molecule has 0 spiro atoms. The molecule has 0 radical (unpaired) electrons. The first-order chi connectivity index (χ1) is 32.2. The summed E-state index contributed by atoms with van der Waals surface area (Å²) in [6.07, 6.45) is -4.73. The molecule has 4 aromatic rings. The Labute approximate surface area is 414 Å². The highest BCUT2D eigenvalue weighted by Crippen LogP contribution is 2.39. The monoisotopic (exact) mass is 1010 g/mol. The van der Waals surface area contributed by atoms with E-state index in [4.69, 9.17) is 32.4 Å². The van der Waals surface area contributed by atoms with Crippen LogP contribution >= 0.6 is 23.2 Å². The number of carbonyl (C=O) groups excluding carboxylic acids is 4. The van der Waals surface area contributed by atoms with E-state index < -0.39 is 74.3 Å². The number of aromatic nitrogens is 2. The molecule has 0 unspecified atom stereocenters. The summed E-state index contributed by atoms with van der Waals surface area (Å²) in [6.45, 7) is 12.1. The Morgan fingerprint density at radius 1 is 0.928 bits per heavy atom. The van der Waals surface area contributed by atoms with E-state index in [9.17, 15) is 32.3 Å². The lowest BCUT2D eigenvalue weighted by molar-refractivity contribution is -0.164. The number of hydrogen-bond acceptors (Lipinski definition) is 8. The number of carbonyl (C=O) groups is 4. The topological polar surface area (TPSA) is 126 Å². The van der Waals surface area contributed by atoms with Gasteiger partial charge in [-0.25, -0.2) is 4.98 Å². The summed E-state index contributed by atoms with van der Waals surface area (Å²) in [4.78, 5) is 67.9. The Morgan fingerprint density at radius 2 is 1.59 bits per heavy atom. The van der Waals surface area contributed by atoms with Gasteiger partial charge in [0.05, 0.1) is 54.8 Å². The van der Waals surface area contributed by atoms with Crippen molar-refractivity contribution < 1.29 is 41.5 Å². The predicted molar refractivity (Wildman–Crippen MR) is 264 cm³/mol. The molecule has 1 aromatic heterocycles. The van der Waals surface area contributed by atoms with Crippen molar-refractivity contribution in [1.82, 2.24) is 29.6 Å². The van der Waals surface area contributed by atoms with Crippen molar-refractivity contribution in [2.75, 3.05) is 33.8 Å². The molecule has 3 aromatic carbocycles. The standard InChI is InChI=1S/C51H65Cl2F3N6O6Si/c1-33-43(63)23-38(31-67-69(8,9)49(2,3)4)47(65)58-50(26-34-11-16-39(52)17-12-34)21-10-22-61(32-50)48(66)37(27-51(54,55)56)24-46(64)62(33)29-36-13-18-40(53)25-44(36)68-41-19-14-35(15-20-41)42-28-57-45(60(42)7)30-59(5)6/h11-20,25,28,33,37-38H,10,21-24,26-27,29-32H2,1-9H3,(H,58,65)/t33-,37-,38-,50+/m0/s1. The molecule has 6 rings (SSSR count). The zero-order valence-corrected chi connectivity index (χ0v) is 43.5. The summed E-state index contributed by atoms with van der Waals surface area (Å²) in [5.41, 5.74) is 1.85. The summed E-state index contributed by atoms with van der Waals surface area (Å²) < 4.78 is 58.4. The number of halogens is 5. The lowest BCUT2D eigenvalue weighted by atomic mass is 9.81.